The molecule has 5 nitrogen and oxygen atoms in total. The summed E-state index contributed by atoms with van der Waals surface area (Å²) in [7, 11) is 1.77. The number of nitrogens with zero attached hydrogens (tertiary/aromatic N) is 2. The lowest BCUT2D eigenvalue weighted by molar-refractivity contribution is 0.368. The fourth-order valence-electron chi connectivity index (χ4n) is 2.46. The van der Waals surface area contributed by atoms with Crippen molar-refractivity contribution in [3.63, 3.8) is 0 Å². The van der Waals surface area contributed by atoms with Crippen LogP contribution in [0.5, 0.6) is 0 Å². The van der Waals surface area contributed by atoms with Crippen LogP contribution in [0.25, 0.3) is 0 Å². The zero-order valence-electron chi connectivity index (χ0n) is 14.5. The highest BCUT2D eigenvalue weighted by molar-refractivity contribution is 14.0. The van der Waals surface area contributed by atoms with Gasteiger partial charge in [-0.2, -0.15) is 0 Å². The van der Waals surface area contributed by atoms with E-state index in [1.165, 1.54) is 4.88 Å². The molecular formula is C17H27IN4OS. The maximum atomic E-state index is 5.41. The second-order valence-corrected chi connectivity index (χ2v) is 6.45. The average Bonchev–Trinajstić information content (AvgIpc) is 3.24. The molecule has 2 heterocycles. The first kappa shape index (κ1) is 21.0. The molecule has 0 aliphatic heterocycles. The predicted octanol–water partition coefficient (Wildman–Crippen LogP) is 4.17. The van der Waals surface area contributed by atoms with Gasteiger partial charge in [-0.3, -0.25) is 4.99 Å². The summed E-state index contributed by atoms with van der Waals surface area (Å²) in [5.74, 6) is 2.10. The molecule has 0 spiro atoms. The lowest BCUT2D eigenvalue weighted by Gasteiger charge is -2.10. The molecule has 0 aromatic carbocycles. The number of rotatable bonds is 8. The van der Waals surface area contributed by atoms with E-state index in [0.29, 0.717) is 12.5 Å². The Kier molecular flexibility index (Phi) is 10.0. The molecule has 2 aromatic heterocycles. The summed E-state index contributed by atoms with van der Waals surface area (Å²) in [6.07, 6.45) is 3.17. The van der Waals surface area contributed by atoms with Crippen molar-refractivity contribution in [3.05, 3.63) is 39.9 Å². The van der Waals surface area contributed by atoms with Gasteiger partial charge in [0.1, 0.15) is 0 Å². The molecule has 0 fully saturated rings. The highest BCUT2D eigenvalue weighted by Crippen LogP contribution is 2.22. The van der Waals surface area contributed by atoms with E-state index in [0.717, 1.165) is 43.2 Å². The molecule has 0 amide bonds. The van der Waals surface area contributed by atoms with Crippen LogP contribution in [0.15, 0.2) is 33.1 Å². The summed E-state index contributed by atoms with van der Waals surface area (Å²) >= 11 is 1.78. The number of thiophene rings is 1. The lowest BCUT2D eigenvalue weighted by Crippen LogP contribution is -2.37. The van der Waals surface area contributed by atoms with Gasteiger partial charge in [-0.25, -0.2) is 0 Å². The van der Waals surface area contributed by atoms with E-state index in [2.05, 4.69) is 52.1 Å². The molecule has 0 atom stereocenters. The van der Waals surface area contributed by atoms with E-state index < -0.39 is 0 Å². The van der Waals surface area contributed by atoms with Gasteiger partial charge in [0.15, 0.2) is 11.7 Å². The van der Waals surface area contributed by atoms with Crippen molar-refractivity contribution >= 4 is 41.3 Å². The van der Waals surface area contributed by atoms with Gasteiger partial charge >= 0.3 is 0 Å². The number of nitrogens with one attached hydrogen (secondary N) is 2. The van der Waals surface area contributed by atoms with E-state index in [-0.39, 0.29) is 24.0 Å². The quantitative estimate of drug-likeness (QED) is 0.351. The summed E-state index contributed by atoms with van der Waals surface area (Å²) in [4.78, 5) is 5.61. The largest absolute Gasteiger partial charge is 0.359 e. The standard InChI is InChI=1S/C17H26N4OS.HI/c1-4-13(5-2)16-11-14(22-21-16)12-20-17(18-3)19-9-8-15-7-6-10-23-15;/h6-7,10-11,13H,4-5,8-9,12H2,1-3H3,(H2,18,19,20);1H. The number of aromatic nitrogens is 1. The molecule has 0 aliphatic rings. The third kappa shape index (κ3) is 6.43. The summed E-state index contributed by atoms with van der Waals surface area (Å²) < 4.78 is 5.41. The Morgan fingerprint density at radius 3 is 2.75 bits per heavy atom. The number of guanidine groups is 1. The monoisotopic (exact) mass is 462 g/mol. The minimum atomic E-state index is 0. The molecule has 2 aromatic rings. The van der Waals surface area contributed by atoms with Crippen LogP contribution in [-0.2, 0) is 13.0 Å². The fourth-order valence-corrected chi connectivity index (χ4v) is 3.17. The van der Waals surface area contributed by atoms with Gasteiger partial charge in [0, 0.05) is 30.5 Å². The number of aliphatic imine (C=N–C) groups is 1. The van der Waals surface area contributed by atoms with Gasteiger partial charge in [0.05, 0.1) is 12.2 Å². The van der Waals surface area contributed by atoms with Crippen molar-refractivity contribution in [3.8, 4) is 0 Å². The minimum Gasteiger partial charge on any atom is -0.359 e. The van der Waals surface area contributed by atoms with E-state index in [1.807, 2.05) is 6.07 Å². The fraction of sp³-hybridized carbons (Fsp3) is 0.529. The second kappa shape index (κ2) is 11.5. The highest BCUT2D eigenvalue weighted by atomic mass is 127. The Hall–Kier alpha value is -1.09. The van der Waals surface area contributed by atoms with Crippen molar-refractivity contribution < 1.29 is 4.52 Å². The lowest BCUT2D eigenvalue weighted by atomic mass is 9.99. The van der Waals surface area contributed by atoms with Crippen molar-refractivity contribution in [2.45, 2.75) is 45.6 Å². The van der Waals surface area contributed by atoms with Gasteiger partial charge in [-0.15, -0.1) is 35.3 Å². The maximum absolute atomic E-state index is 5.41. The smallest absolute Gasteiger partial charge is 0.191 e. The van der Waals surface area contributed by atoms with Crippen LogP contribution < -0.4 is 10.6 Å². The van der Waals surface area contributed by atoms with E-state index >= 15 is 0 Å². The van der Waals surface area contributed by atoms with Crippen molar-refractivity contribution in [1.82, 2.24) is 15.8 Å². The molecule has 134 valence electrons. The number of hydrogen-bond acceptors (Lipinski definition) is 4. The van der Waals surface area contributed by atoms with Crippen LogP contribution in [0.3, 0.4) is 0 Å². The molecule has 0 saturated heterocycles. The molecule has 7 heteroatoms. The molecule has 2 N–H and O–H groups in total. The SMILES string of the molecule is CCC(CC)c1cc(CNC(=NC)NCCc2cccs2)on1.I. The van der Waals surface area contributed by atoms with Crippen LogP contribution in [0.1, 0.15) is 48.9 Å². The molecule has 0 saturated carbocycles. The van der Waals surface area contributed by atoms with Gasteiger partial charge in [0.2, 0.25) is 0 Å². The number of hydrogen-bond donors (Lipinski definition) is 2. The highest BCUT2D eigenvalue weighted by Gasteiger charge is 2.13. The maximum Gasteiger partial charge on any atom is 0.191 e. The first-order valence-corrected chi connectivity index (χ1v) is 9.07. The Labute approximate surface area is 165 Å². The van der Waals surface area contributed by atoms with Crippen LogP contribution in [0, 0.1) is 0 Å². The Morgan fingerprint density at radius 1 is 1.33 bits per heavy atom. The van der Waals surface area contributed by atoms with Crippen molar-refractivity contribution in [2.24, 2.45) is 4.99 Å². The Morgan fingerprint density at radius 2 is 2.12 bits per heavy atom. The van der Waals surface area contributed by atoms with Gasteiger partial charge in [0.25, 0.3) is 0 Å². The molecule has 0 aliphatic carbocycles. The van der Waals surface area contributed by atoms with E-state index in [9.17, 15) is 0 Å². The third-order valence-electron chi connectivity index (χ3n) is 3.88. The minimum absolute atomic E-state index is 0. The molecule has 0 unspecified atom stereocenters. The normalized spacial score (nSPS) is 11.4. The zero-order valence-corrected chi connectivity index (χ0v) is 17.7. The molecular weight excluding hydrogens is 435 g/mol. The van der Waals surface area contributed by atoms with Crippen LogP contribution >= 0.6 is 35.3 Å². The van der Waals surface area contributed by atoms with Crippen LogP contribution in [-0.4, -0.2) is 24.7 Å². The Bertz CT molecular complexity index is 594. The Balaban J connectivity index is 0.00000288. The van der Waals surface area contributed by atoms with Gasteiger partial charge < -0.3 is 15.2 Å². The summed E-state index contributed by atoms with van der Waals surface area (Å²) in [6, 6.07) is 6.27. The van der Waals surface area contributed by atoms with E-state index in [1.54, 1.807) is 18.4 Å². The molecule has 2 rings (SSSR count). The van der Waals surface area contributed by atoms with Gasteiger partial charge in [-0.05, 0) is 30.7 Å². The zero-order chi connectivity index (χ0) is 16.5. The van der Waals surface area contributed by atoms with Crippen molar-refractivity contribution in [1.29, 1.82) is 0 Å². The molecule has 0 bridgehead atoms. The van der Waals surface area contributed by atoms with Crippen molar-refractivity contribution in [2.75, 3.05) is 13.6 Å². The predicted molar refractivity (Wildman–Crippen MR) is 111 cm³/mol. The molecule has 24 heavy (non-hydrogen) atoms. The summed E-state index contributed by atoms with van der Waals surface area (Å²) in [6.45, 7) is 5.81. The topological polar surface area (TPSA) is 62.5 Å². The van der Waals surface area contributed by atoms with Crippen LogP contribution in [0.4, 0.5) is 0 Å². The first-order chi connectivity index (χ1) is 11.3. The molecule has 0 radical (unpaired) electrons. The van der Waals surface area contributed by atoms with E-state index in [4.69, 9.17) is 4.52 Å². The average molecular weight is 462 g/mol. The third-order valence-corrected chi connectivity index (χ3v) is 4.81. The second-order valence-electron chi connectivity index (χ2n) is 5.41. The van der Waals surface area contributed by atoms with Gasteiger partial charge in [-0.1, -0.05) is 25.1 Å². The number of halogens is 1. The summed E-state index contributed by atoms with van der Waals surface area (Å²) in [5.41, 5.74) is 1.05. The first-order valence-electron chi connectivity index (χ1n) is 8.19. The summed E-state index contributed by atoms with van der Waals surface area (Å²) in [5, 5.41) is 12.9. The van der Waals surface area contributed by atoms with Crippen LogP contribution in [0.2, 0.25) is 0 Å².